The van der Waals surface area contributed by atoms with E-state index < -0.39 is 5.38 Å². The fourth-order valence-corrected chi connectivity index (χ4v) is 3.06. The summed E-state index contributed by atoms with van der Waals surface area (Å²) in [6, 6.07) is 3.42. The Hall–Kier alpha value is -1.13. The Morgan fingerprint density at radius 2 is 1.90 bits per heavy atom. The zero-order chi connectivity index (χ0) is 14.1. The summed E-state index contributed by atoms with van der Waals surface area (Å²) in [5, 5.41) is -0.307. The molecule has 4 nitrogen and oxygen atoms in total. The van der Waals surface area contributed by atoms with E-state index in [1.807, 2.05) is 0 Å². The van der Waals surface area contributed by atoms with Crippen LogP contribution in [0.3, 0.4) is 0 Å². The largest absolute Gasteiger partial charge is 0.486 e. The van der Waals surface area contributed by atoms with Crippen molar-refractivity contribution in [3.8, 4) is 11.5 Å². The zero-order valence-corrected chi connectivity index (χ0v) is 12.4. The third kappa shape index (κ3) is 2.54. The second-order valence-electron chi connectivity index (χ2n) is 4.92. The molecule has 1 unspecified atom stereocenters. The van der Waals surface area contributed by atoms with Crippen LogP contribution in [0.15, 0.2) is 12.1 Å². The fourth-order valence-electron chi connectivity index (χ4n) is 2.52. The summed E-state index contributed by atoms with van der Waals surface area (Å²) >= 11 is 12.5. The molecule has 2 heterocycles. The first-order chi connectivity index (χ1) is 9.66. The summed E-state index contributed by atoms with van der Waals surface area (Å²) in [4.78, 5) is 14.1. The average Bonchev–Trinajstić information content (AvgIpc) is 3.00. The first-order valence-corrected chi connectivity index (χ1v) is 7.50. The molecule has 2 aliphatic heterocycles. The van der Waals surface area contributed by atoms with Crippen LogP contribution in [0.5, 0.6) is 11.5 Å². The predicted molar refractivity (Wildman–Crippen MR) is 76.9 cm³/mol. The first kappa shape index (κ1) is 13.8. The minimum atomic E-state index is -0.735. The Kier molecular flexibility index (Phi) is 3.94. The van der Waals surface area contributed by atoms with Crippen LogP contribution in [0.25, 0.3) is 0 Å². The molecule has 3 rings (SSSR count). The monoisotopic (exact) mass is 315 g/mol. The van der Waals surface area contributed by atoms with Crippen LogP contribution in [0.4, 0.5) is 0 Å². The summed E-state index contributed by atoms with van der Waals surface area (Å²) in [7, 11) is 0. The number of ether oxygens (including phenoxy) is 2. The smallest absolute Gasteiger partial charge is 0.245 e. The van der Waals surface area contributed by atoms with Gasteiger partial charge in [-0.05, 0) is 30.5 Å². The Balaban J connectivity index is 1.85. The number of nitrogens with zero attached hydrogens (tertiary/aromatic N) is 1. The number of rotatable bonds is 2. The van der Waals surface area contributed by atoms with Gasteiger partial charge in [0, 0.05) is 13.1 Å². The summed E-state index contributed by atoms with van der Waals surface area (Å²) in [5.74, 6) is 1.01. The molecule has 1 fully saturated rings. The molecule has 1 atom stereocenters. The van der Waals surface area contributed by atoms with Crippen LogP contribution in [0.1, 0.15) is 23.8 Å². The van der Waals surface area contributed by atoms with Gasteiger partial charge in [0.2, 0.25) is 5.91 Å². The van der Waals surface area contributed by atoms with E-state index in [0.717, 1.165) is 25.9 Å². The summed E-state index contributed by atoms with van der Waals surface area (Å²) < 4.78 is 11.0. The zero-order valence-electron chi connectivity index (χ0n) is 10.9. The molecule has 0 bridgehead atoms. The predicted octanol–water partition coefficient (Wildman–Crippen LogP) is 3.01. The van der Waals surface area contributed by atoms with Crippen molar-refractivity contribution in [3.05, 3.63) is 22.7 Å². The lowest BCUT2D eigenvalue weighted by atomic mass is 10.1. The quantitative estimate of drug-likeness (QED) is 0.787. The number of carbonyl (C=O) groups is 1. The highest BCUT2D eigenvalue weighted by molar-refractivity contribution is 6.33. The number of fused-ring (bicyclic) bond motifs is 1. The first-order valence-electron chi connectivity index (χ1n) is 6.69. The van der Waals surface area contributed by atoms with Crippen molar-refractivity contribution in [3.63, 3.8) is 0 Å². The number of amides is 1. The molecule has 1 aromatic rings. The van der Waals surface area contributed by atoms with Gasteiger partial charge in [0.15, 0.2) is 11.5 Å². The average molecular weight is 316 g/mol. The highest BCUT2D eigenvalue weighted by atomic mass is 35.5. The molecule has 1 amide bonds. The minimum Gasteiger partial charge on any atom is -0.486 e. The molecular formula is C14H15Cl2NO3. The Labute approximate surface area is 127 Å². The Morgan fingerprint density at radius 1 is 1.20 bits per heavy atom. The number of alkyl halides is 1. The molecule has 0 aliphatic carbocycles. The third-order valence-corrected chi connectivity index (χ3v) is 4.27. The topological polar surface area (TPSA) is 38.8 Å². The maximum Gasteiger partial charge on any atom is 0.245 e. The van der Waals surface area contributed by atoms with Crippen molar-refractivity contribution in [1.82, 2.24) is 4.90 Å². The van der Waals surface area contributed by atoms with Crippen molar-refractivity contribution in [2.24, 2.45) is 0 Å². The molecule has 1 saturated heterocycles. The van der Waals surface area contributed by atoms with E-state index in [2.05, 4.69) is 0 Å². The molecule has 6 heteroatoms. The van der Waals surface area contributed by atoms with Crippen LogP contribution in [-0.2, 0) is 4.79 Å². The highest BCUT2D eigenvalue weighted by Gasteiger charge is 2.28. The number of benzene rings is 1. The van der Waals surface area contributed by atoms with E-state index in [4.69, 9.17) is 32.7 Å². The maximum absolute atomic E-state index is 12.3. The van der Waals surface area contributed by atoms with Crippen molar-refractivity contribution < 1.29 is 14.3 Å². The van der Waals surface area contributed by atoms with Crippen molar-refractivity contribution in [1.29, 1.82) is 0 Å². The van der Waals surface area contributed by atoms with Gasteiger partial charge in [-0.3, -0.25) is 4.79 Å². The van der Waals surface area contributed by atoms with Gasteiger partial charge >= 0.3 is 0 Å². The SMILES string of the molecule is O=C(C(Cl)c1cc(Cl)c2c(c1)OCCO2)N1CCCC1. The lowest BCUT2D eigenvalue weighted by Gasteiger charge is -2.23. The number of hydrogen-bond donors (Lipinski definition) is 0. The molecule has 0 spiro atoms. The molecule has 0 N–H and O–H groups in total. The summed E-state index contributed by atoms with van der Waals surface area (Å²) in [6.45, 7) is 2.50. The highest BCUT2D eigenvalue weighted by Crippen LogP contribution is 2.41. The van der Waals surface area contributed by atoms with E-state index >= 15 is 0 Å². The van der Waals surface area contributed by atoms with Crippen LogP contribution < -0.4 is 9.47 Å². The second-order valence-corrected chi connectivity index (χ2v) is 5.77. The molecule has 0 radical (unpaired) electrons. The third-order valence-electron chi connectivity index (χ3n) is 3.55. The van der Waals surface area contributed by atoms with Gasteiger partial charge in [0.05, 0.1) is 5.02 Å². The van der Waals surface area contributed by atoms with E-state index in [0.29, 0.717) is 35.3 Å². The second kappa shape index (κ2) is 5.70. The molecule has 1 aromatic carbocycles. The molecule has 20 heavy (non-hydrogen) atoms. The fraction of sp³-hybridized carbons (Fsp3) is 0.500. The Morgan fingerprint density at radius 3 is 2.65 bits per heavy atom. The van der Waals surface area contributed by atoms with Gasteiger partial charge in [-0.1, -0.05) is 11.6 Å². The molecule has 108 valence electrons. The minimum absolute atomic E-state index is 0.0723. The Bertz CT molecular complexity index is 529. The van der Waals surface area contributed by atoms with E-state index in [-0.39, 0.29) is 5.91 Å². The molecule has 2 aliphatic rings. The van der Waals surface area contributed by atoms with Crippen LogP contribution in [0, 0.1) is 0 Å². The molecule has 0 saturated carbocycles. The van der Waals surface area contributed by atoms with Crippen molar-refractivity contribution in [2.45, 2.75) is 18.2 Å². The number of carbonyl (C=O) groups excluding carboxylic acids is 1. The lowest BCUT2D eigenvalue weighted by molar-refractivity contribution is -0.129. The van der Waals surface area contributed by atoms with Crippen LogP contribution in [-0.4, -0.2) is 37.1 Å². The van der Waals surface area contributed by atoms with Crippen LogP contribution in [0.2, 0.25) is 5.02 Å². The van der Waals surface area contributed by atoms with Crippen molar-refractivity contribution in [2.75, 3.05) is 26.3 Å². The van der Waals surface area contributed by atoms with Gasteiger partial charge in [0.25, 0.3) is 0 Å². The lowest BCUT2D eigenvalue weighted by Crippen LogP contribution is -2.30. The number of likely N-dealkylation sites (tertiary alicyclic amines) is 1. The van der Waals surface area contributed by atoms with E-state index in [1.165, 1.54) is 0 Å². The summed E-state index contributed by atoms with van der Waals surface area (Å²) in [5.41, 5.74) is 0.651. The number of halogens is 2. The van der Waals surface area contributed by atoms with Crippen molar-refractivity contribution >= 4 is 29.1 Å². The standard InChI is InChI=1S/C14H15Cl2NO3/c15-10-7-9(8-11-13(10)20-6-5-19-11)12(16)14(18)17-3-1-2-4-17/h7-8,12H,1-6H2. The van der Waals surface area contributed by atoms with Gasteiger partial charge < -0.3 is 14.4 Å². The summed E-state index contributed by atoms with van der Waals surface area (Å²) in [6.07, 6.45) is 2.08. The van der Waals surface area contributed by atoms with E-state index in [9.17, 15) is 4.79 Å². The van der Waals surface area contributed by atoms with Gasteiger partial charge in [0.1, 0.15) is 18.6 Å². The maximum atomic E-state index is 12.3. The van der Waals surface area contributed by atoms with E-state index in [1.54, 1.807) is 17.0 Å². The molecule has 0 aromatic heterocycles. The molecular weight excluding hydrogens is 301 g/mol. The van der Waals surface area contributed by atoms with Crippen LogP contribution >= 0.6 is 23.2 Å². The van der Waals surface area contributed by atoms with Gasteiger partial charge in [-0.2, -0.15) is 0 Å². The normalized spacial score (nSPS) is 19.0. The van der Waals surface area contributed by atoms with Gasteiger partial charge in [-0.15, -0.1) is 11.6 Å². The number of hydrogen-bond acceptors (Lipinski definition) is 3. The van der Waals surface area contributed by atoms with Gasteiger partial charge in [-0.25, -0.2) is 0 Å².